The van der Waals surface area contributed by atoms with E-state index in [4.69, 9.17) is 0 Å². The third kappa shape index (κ3) is 4.67. The van der Waals surface area contributed by atoms with E-state index in [2.05, 4.69) is 26.0 Å². The Morgan fingerprint density at radius 3 is 2.00 bits per heavy atom. The van der Waals surface area contributed by atoms with E-state index in [9.17, 15) is 13.2 Å². The lowest BCUT2D eigenvalue weighted by Crippen LogP contribution is -2.29. The van der Waals surface area contributed by atoms with Crippen molar-refractivity contribution in [3.05, 3.63) is 100 Å². The summed E-state index contributed by atoms with van der Waals surface area (Å²) in [4.78, 5) is 12.9. The number of rotatable bonds is 6. The summed E-state index contributed by atoms with van der Waals surface area (Å²) < 4.78 is 26.9. The first-order chi connectivity index (χ1) is 13.4. The van der Waals surface area contributed by atoms with Crippen LogP contribution in [0.4, 0.5) is 0 Å². The summed E-state index contributed by atoms with van der Waals surface area (Å²) in [5.74, 6) is -0.287. The van der Waals surface area contributed by atoms with Gasteiger partial charge in [0.1, 0.15) is 0 Å². The van der Waals surface area contributed by atoms with Gasteiger partial charge in [-0.25, -0.2) is 13.1 Å². The lowest BCUT2D eigenvalue weighted by molar-refractivity contribution is 0.0943. The number of hydrogen-bond donors (Lipinski definition) is 2. The lowest BCUT2D eigenvalue weighted by Gasteiger charge is -2.20. The minimum Gasteiger partial charge on any atom is -0.341 e. The quantitative estimate of drug-likeness (QED) is 0.588. The number of amides is 1. The number of nitrogens with one attached hydrogen (secondary N) is 2. The third-order valence-electron chi connectivity index (χ3n) is 4.31. The Balaban J connectivity index is 1.88. The fourth-order valence-electron chi connectivity index (χ4n) is 2.78. The Morgan fingerprint density at radius 1 is 0.857 bits per heavy atom. The van der Waals surface area contributed by atoms with E-state index in [0.29, 0.717) is 5.56 Å². The minimum absolute atomic E-state index is 0.110. The maximum Gasteiger partial charge on any atom is 0.252 e. The second-order valence-corrected chi connectivity index (χ2v) is 8.90. The average molecular weight is 459 g/mol. The summed E-state index contributed by atoms with van der Waals surface area (Å²) in [7, 11) is -2.19. The number of sulfonamides is 1. The second kappa shape index (κ2) is 8.68. The summed E-state index contributed by atoms with van der Waals surface area (Å²) in [6.45, 7) is 0. The lowest BCUT2D eigenvalue weighted by atomic mass is 9.98. The molecule has 3 aromatic rings. The first-order valence-corrected chi connectivity index (χ1v) is 10.8. The molecule has 5 nitrogen and oxygen atoms in total. The molecule has 1 amide bonds. The molecule has 0 saturated carbocycles. The standard InChI is InChI=1S/C21H19BrN2O3S/c1-23-28(26,27)19-13-9-17(10-14-19)21(25)24-20(15-5-3-2-4-6-15)16-7-11-18(22)12-8-16/h2-14,20,23H,1H3,(H,24,25). The van der Waals surface area contributed by atoms with Crippen molar-refractivity contribution in [3.63, 3.8) is 0 Å². The van der Waals surface area contributed by atoms with Crippen molar-refractivity contribution < 1.29 is 13.2 Å². The van der Waals surface area contributed by atoms with E-state index >= 15 is 0 Å². The molecule has 0 heterocycles. The van der Waals surface area contributed by atoms with Gasteiger partial charge in [0.2, 0.25) is 10.0 Å². The molecule has 0 aromatic heterocycles. The molecular formula is C21H19BrN2O3S. The molecule has 144 valence electrons. The molecule has 0 saturated heterocycles. The van der Waals surface area contributed by atoms with Crippen LogP contribution in [-0.4, -0.2) is 21.4 Å². The maximum atomic E-state index is 12.8. The number of benzene rings is 3. The van der Waals surface area contributed by atoms with Gasteiger partial charge in [-0.2, -0.15) is 0 Å². The van der Waals surface area contributed by atoms with Crippen molar-refractivity contribution in [1.82, 2.24) is 10.0 Å². The predicted octanol–water partition coefficient (Wildman–Crippen LogP) is 3.88. The van der Waals surface area contributed by atoms with Gasteiger partial charge in [0.25, 0.3) is 5.91 Å². The smallest absolute Gasteiger partial charge is 0.252 e. The first kappa shape index (κ1) is 20.3. The van der Waals surface area contributed by atoms with E-state index in [-0.39, 0.29) is 16.8 Å². The first-order valence-electron chi connectivity index (χ1n) is 8.55. The SMILES string of the molecule is CNS(=O)(=O)c1ccc(C(=O)NC(c2ccccc2)c2ccc(Br)cc2)cc1. The molecule has 0 fully saturated rings. The van der Waals surface area contributed by atoms with Crippen LogP contribution in [0.15, 0.2) is 88.2 Å². The molecular weight excluding hydrogens is 440 g/mol. The molecule has 0 aliphatic rings. The zero-order chi connectivity index (χ0) is 20.1. The number of carbonyl (C=O) groups excluding carboxylic acids is 1. The highest BCUT2D eigenvalue weighted by atomic mass is 79.9. The third-order valence-corrected chi connectivity index (χ3v) is 6.27. The molecule has 2 N–H and O–H groups in total. The Kier molecular flexibility index (Phi) is 6.28. The fourth-order valence-corrected chi connectivity index (χ4v) is 3.77. The Hall–Kier alpha value is -2.48. The van der Waals surface area contributed by atoms with Crippen LogP contribution < -0.4 is 10.0 Å². The van der Waals surface area contributed by atoms with Crippen molar-refractivity contribution in [2.75, 3.05) is 7.05 Å². The highest BCUT2D eigenvalue weighted by Gasteiger charge is 2.19. The fraction of sp³-hybridized carbons (Fsp3) is 0.0952. The van der Waals surface area contributed by atoms with Crippen LogP contribution in [0.3, 0.4) is 0 Å². The molecule has 0 radical (unpaired) electrons. The summed E-state index contributed by atoms with van der Waals surface area (Å²) in [5, 5.41) is 3.04. The molecule has 1 atom stereocenters. The van der Waals surface area contributed by atoms with Gasteiger partial charge >= 0.3 is 0 Å². The topological polar surface area (TPSA) is 75.3 Å². The van der Waals surface area contributed by atoms with Crippen LogP contribution in [0.5, 0.6) is 0 Å². The molecule has 1 unspecified atom stereocenters. The van der Waals surface area contributed by atoms with Crippen molar-refractivity contribution in [2.24, 2.45) is 0 Å². The van der Waals surface area contributed by atoms with E-state index < -0.39 is 10.0 Å². The van der Waals surface area contributed by atoms with Crippen LogP contribution in [0, 0.1) is 0 Å². The number of halogens is 1. The molecule has 3 rings (SSSR count). The summed E-state index contributed by atoms with van der Waals surface area (Å²) in [6.07, 6.45) is 0. The van der Waals surface area contributed by atoms with Crippen LogP contribution >= 0.6 is 15.9 Å². The van der Waals surface area contributed by atoms with Crippen molar-refractivity contribution >= 4 is 31.9 Å². The van der Waals surface area contributed by atoms with Gasteiger partial charge < -0.3 is 5.32 Å². The summed E-state index contributed by atoms with van der Waals surface area (Å²) in [6, 6.07) is 22.9. The van der Waals surface area contributed by atoms with Gasteiger partial charge in [-0.1, -0.05) is 58.4 Å². The van der Waals surface area contributed by atoms with Gasteiger partial charge in [0, 0.05) is 10.0 Å². The molecule has 7 heteroatoms. The van der Waals surface area contributed by atoms with Crippen LogP contribution in [0.25, 0.3) is 0 Å². The Morgan fingerprint density at radius 2 is 1.43 bits per heavy atom. The largest absolute Gasteiger partial charge is 0.341 e. The summed E-state index contributed by atoms with van der Waals surface area (Å²) >= 11 is 3.43. The van der Waals surface area contributed by atoms with Gasteiger partial charge in [-0.15, -0.1) is 0 Å². The monoisotopic (exact) mass is 458 g/mol. The Bertz CT molecular complexity index is 1050. The maximum absolute atomic E-state index is 12.8. The molecule has 0 spiro atoms. The minimum atomic E-state index is -3.54. The van der Waals surface area contributed by atoms with E-state index in [0.717, 1.165) is 15.6 Å². The van der Waals surface area contributed by atoms with Crippen LogP contribution in [0.1, 0.15) is 27.5 Å². The highest BCUT2D eigenvalue weighted by Crippen LogP contribution is 2.24. The number of hydrogen-bond acceptors (Lipinski definition) is 3. The molecule has 3 aromatic carbocycles. The predicted molar refractivity (Wildman–Crippen MR) is 113 cm³/mol. The van der Waals surface area contributed by atoms with Crippen LogP contribution in [-0.2, 0) is 10.0 Å². The van der Waals surface area contributed by atoms with Gasteiger partial charge in [-0.05, 0) is 54.6 Å². The average Bonchev–Trinajstić information content (AvgIpc) is 2.73. The number of carbonyl (C=O) groups is 1. The van der Waals surface area contributed by atoms with E-state index in [1.165, 1.54) is 31.3 Å². The van der Waals surface area contributed by atoms with Gasteiger partial charge in [0.15, 0.2) is 0 Å². The van der Waals surface area contributed by atoms with Gasteiger partial charge in [-0.3, -0.25) is 4.79 Å². The molecule has 0 aliphatic carbocycles. The zero-order valence-corrected chi connectivity index (χ0v) is 17.5. The van der Waals surface area contributed by atoms with E-state index in [1.54, 1.807) is 0 Å². The normalized spacial score (nSPS) is 12.4. The zero-order valence-electron chi connectivity index (χ0n) is 15.1. The van der Waals surface area contributed by atoms with Crippen molar-refractivity contribution in [2.45, 2.75) is 10.9 Å². The van der Waals surface area contributed by atoms with Crippen molar-refractivity contribution in [3.8, 4) is 0 Å². The van der Waals surface area contributed by atoms with E-state index in [1.807, 2.05) is 54.6 Å². The molecule has 0 bridgehead atoms. The van der Waals surface area contributed by atoms with Crippen molar-refractivity contribution in [1.29, 1.82) is 0 Å². The van der Waals surface area contributed by atoms with Crippen LogP contribution in [0.2, 0.25) is 0 Å². The highest BCUT2D eigenvalue weighted by molar-refractivity contribution is 9.10. The molecule has 28 heavy (non-hydrogen) atoms. The summed E-state index contributed by atoms with van der Waals surface area (Å²) in [5.41, 5.74) is 2.28. The van der Waals surface area contributed by atoms with Gasteiger partial charge in [0.05, 0.1) is 10.9 Å². The molecule has 0 aliphatic heterocycles. The Labute approximate surface area is 173 Å². The second-order valence-electron chi connectivity index (χ2n) is 6.10.